The van der Waals surface area contributed by atoms with Gasteiger partial charge in [-0.3, -0.25) is 0 Å². The van der Waals surface area contributed by atoms with E-state index in [-0.39, 0.29) is 5.90 Å². The first-order valence-electron chi connectivity index (χ1n) is 6.03. The van der Waals surface area contributed by atoms with Gasteiger partial charge < -0.3 is 14.7 Å². The molecule has 0 aliphatic rings. The number of esters is 1. The maximum atomic E-state index is 11.7. The fourth-order valence-electron chi connectivity index (χ4n) is 1.54. The minimum atomic E-state index is -0.619. The van der Waals surface area contributed by atoms with Gasteiger partial charge in [0.1, 0.15) is 5.75 Å². The van der Waals surface area contributed by atoms with Crippen molar-refractivity contribution in [3.8, 4) is 5.75 Å². The van der Waals surface area contributed by atoms with Crippen LogP contribution in [0.5, 0.6) is 5.75 Å². The van der Waals surface area contributed by atoms with Crippen molar-refractivity contribution in [1.29, 1.82) is 0 Å². The minimum absolute atomic E-state index is 0.168. The normalized spacial score (nSPS) is 11.6. The fraction of sp³-hybridized carbons (Fsp3) is 0.0667. The van der Waals surface area contributed by atoms with Crippen LogP contribution in [0.25, 0.3) is 6.08 Å². The predicted octanol–water partition coefficient (Wildman–Crippen LogP) is 3.15. The van der Waals surface area contributed by atoms with Crippen LogP contribution in [-0.2, 0) is 9.53 Å². The predicted molar refractivity (Wildman–Crippen MR) is 80.8 cm³/mol. The fourth-order valence-corrected chi connectivity index (χ4v) is 2.15. The van der Waals surface area contributed by atoms with Gasteiger partial charge in [0.2, 0.25) is 0 Å². The summed E-state index contributed by atoms with van der Waals surface area (Å²) < 4.78 is 10.0. The van der Waals surface area contributed by atoms with Crippen LogP contribution in [0.2, 0.25) is 0 Å². The van der Waals surface area contributed by atoms with Crippen molar-refractivity contribution >= 4 is 29.3 Å². The number of rotatable bonds is 4. The molecule has 6 heteroatoms. The van der Waals surface area contributed by atoms with E-state index in [4.69, 9.17) is 14.7 Å². The Morgan fingerprint density at radius 2 is 2.05 bits per heavy atom. The van der Waals surface area contributed by atoms with Crippen molar-refractivity contribution < 1.29 is 19.5 Å². The summed E-state index contributed by atoms with van der Waals surface area (Å²) >= 11 is 1.50. The molecular weight excluding hydrogens is 290 g/mol. The van der Waals surface area contributed by atoms with E-state index in [1.807, 2.05) is 17.5 Å². The summed E-state index contributed by atoms with van der Waals surface area (Å²) in [5.41, 5.74) is 0.469. The smallest absolute Gasteiger partial charge is 0.337 e. The zero-order chi connectivity index (χ0) is 15.1. The highest BCUT2D eigenvalue weighted by atomic mass is 32.1. The van der Waals surface area contributed by atoms with Gasteiger partial charge in [0.05, 0.1) is 7.11 Å². The van der Waals surface area contributed by atoms with E-state index in [0.717, 1.165) is 4.88 Å². The Kier molecular flexibility index (Phi) is 5.11. The number of oxime groups is 1. The lowest BCUT2D eigenvalue weighted by Gasteiger charge is -2.05. The average molecular weight is 303 g/mol. The largest absolute Gasteiger partial charge is 0.497 e. The number of methoxy groups -OCH3 is 1. The van der Waals surface area contributed by atoms with E-state index < -0.39 is 5.97 Å². The molecule has 2 aromatic rings. The Balaban J connectivity index is 2.03. The number of nitrogens with zero attached hydrogens (tertiary/aromatic N) is 1. The lowest BCUT2D eigenvalue weighted by molar-refractivity contribution is -0.130. The number of ether oxygens (including phenoxy) is 2. The van der Waals surface area contributed by atoms with Crippen LogP contribution >= 0.6 is 11.3 Å². The van der Waals surface area contributed by atoms with E-state index in [0.29, 0.717) is 11.3 Å². The highest BCUT2D eigenvalue weighted by Gasteiger charge is 2.10. The molecule has 0 aliphatic heterocycles. The molecule has 0 aliphatic carbocycles. The molecule has 1 aromatic carbocycles. The van der Waals surface area contributed by atoms with Gasteiger partial charge >= 0.3 is 5.97 Å². The van der Waals surface area contributed by atoms with E-state index >= 15 is 0 Å². The third kappa shape index (κ3) is 4.19. The van der Waals surface area contributed by atoms with E-state index in [9.17, 15) is 4.79 Å². The summed E-state index contributed by atoms with van der Waals surface area (Å²) in [7, 11) is 1.55. The van der Waals surface area contributed by atoms with Crippen LogP contribution in [0, 0.1) is 0 Å². The maximum absolute atomic E-state index is 11.7. The molecule has 1 heterocycles. The quantitative estimate of drug-likeness (QED) is 0.235. The maximum Gasteiger partial charge on any atom is 0.337 e. The molecule has 1 aromatic heterocycles. The van der Waals surface area contributed by atoms with E-state index in [1.54, 1.807) is 37.5 Å². The van der Waals surface area contributed by atoms with Gasteiger partial charge in [-0.15, -0.1) is 11.3 Å². The van der Waals surface area contributed by atoms with Crippen LogP contribution in [0.1, 0.15) is 10.4 Å². The van der Waals surface area contributed by atoms with Gasteiger partial charge in [-0.05, 0) is 46.9 Å². The number of hydrogen-bond acceptors (Lipinski definition) is 6. The summed E-state index contributed by atoms with van der Waals surface area (Å²) in [6.45, 7) is 0. The number of carbonyl (C=O) groups excluding carboxylic acids is 1. The highest BCUT2D eigenvalue weighted by Crippen LogP contribution is 2.13. The average Bonchev–Trinajstić information content (AvgIpc) is 3.04. The molecule has 0 atom stereocenters. The van der Waals surface area contributed by atoms with Crippen molar-refractivity contribution in [2.45, 2.75) is 0 Å². The Morgan fingerprint density at radius 1 is 1.29 bits per heavy atom. The van der Waals surface area contributed by atoms with Crippen LogP contribution in [-0.4, -0.2) is 24.2 Å². The molecule has 0 radical (unpaired) electrons. The van der Waals surface area contributed by atoms with E-state index in [2.05, 4.69) is 5.16 Å². The number of carbonyl (C=O) groups is 1. The van der Waals surface area contributed by atoms with Crippen LogP contribution in [0.4, 0.5) is 0 Å². The van der Waals surface area contributed by atoms with Gasteiger partial charge in [0.25, 0.3) is 5.90 Å². The van der Waals surface area contributed by atoms with Crippen molar-refractivity contribution in [2.75, 3.05) is 7.11 Å². The molecule has 5 nitrogen and oxygen atoms in total. The Morgan fingerprint density at radius 3 is 2.62 bits per heavy atom. The summed E-state index contributed by atoms with van der Waals surface area (Å²) in [6.07, 6.45) is 2.91. The number of thiophene rings is 1. The molecule has 1 N–H and O–H groups in total. The summed E-state index contributed by atoms with van der Waals surface area (Å²) in [4.78, 5) is 12.6. The molecule has 0 spiro atoms. The topological polar surface area (TPSA) is 68.1 Å². The molecular formula is C15H13NO4S. The third-order valence-electron chi connectivity index (χ3n) is 2.55. The van der Waals surface area contributed by atoms with Gasteiger partial charge in [0, 0.05) is 16.5 Å². The first-order chi connectivity index (χ1) is 10.2. The van der Waals surface area contributed by atoms with E-state index in [1.165, 1.54) is 17.4 Å². The van der Waals surface area contributed by atoms with Crippen LogP contribution in [0.3, 0.4) is 0 Å². The van der Waals surface area contributed by atoms with Crippen LogP contribution in [0.15, 0.2) is 53.0 Å². The number of benzene rings is 1. The zero-order valence-corrected chi connectivity index (χ0v) is 12.0. The second-order valence-corrected chi connectivity index (χ2v) is 4.88. The Bertz CT molecular complexity index is 645. The standard InChI is InChI=1S/C15H13NO4S/c1-19-12-6-4-11(5-7-12)15(16-18)20-14(17)9-8-13-3-2-10-21-13/h2-10,18H,1H3/b9-8+,16-15-. The highest BCUT2D eigenvalue weighted by molar-refractivity contribution is 7.10. The molecule has 108 valence electrons. The molecule has 0 saturated heterocycles. The van der Waals surface area contributed by atoms with Gasteiger partial charge in [-0.25, -0.2) is 4.79 Å². The first kappa shape index (κ1) is 14.8. The monoisotopic (exact) mass is 303 g/mol. The van der Waals surface area contributed by atoms with Crippen molar-refractivity contribution in [2.24, 2.45) is 5.16 Å². The summed E-state index contributed by atoms with van der Waals surface area (Å²) in [6, 6.07) is 10.4. The number of hydrogen-bond donors (Lipinski definition) is 1. The van der Waals surface area contributed by atoms with Crippen molar-refractivity contribution in [3.63, 3.8) is 0 Å². The SMILES string of the molecule is COc1ccc(/C(=N/O)OC(=O)/C=C/c2cccs2)cc1. The van der Waals surface area contributed by atoms with Crippen molar-refractivity contribution in [1.82, 2.24) is 0 Å². The van der Waals surface area contributed by atoms with Crippen LogP contribution < -0.4 is 4.74 Å². The molecule has 0 fully saturated rings. The molecule has 2 rings (SSSR count). The minimum Gasteiger partial charge on any atom is -0.497 e. The second-order valence-electron chi connectivity index (χ2n) is 3.90. The van der Waals surface area contributed by atoms with Crippen molar-refractivity contribution in [3.05, 3.63) is 58.3 Å². The summed E-state index contributed by atoms with van der Waals surface area (Å²) in [5.74, 6) is -0.134. The first-order valence-corrected chi connectivity index (χ1v) is 6.91. The van der Waals surface area contributed by atoms with Gasteiger partial charge in [-0.2, -0.15) is 0 Å². The lowest BCUT2D eigenvalue weighted by atomic mass is 10.2. The Hall–Kier alpha value is -2.60. The second kappa shape index (κ2) is 7.25. The molecule has 21 heavy (non-hydrogen) atoms. The van der Waals surface area contributed by atoms with Gasteiger partial charge in [0.15, 0.2) is 0 Å². The molecule has 0 bridgehead atoms. The zero-order valence-electron chi connectivity index (χ0n) is 11.2. The third-order valence-corrected chi connectivity index (χ3v) is 3.39. The van der Waals surface area contributed by atoms with Gasteiger partial charge in [-0.1, -0.05) is 6.07 Å². The molecule has 0 unspecified atom stereocenters. The summed E-state index contributed by atoms with van der Waals surface area (Å²) in [5, 5.41) is 13.9. The Labute approximate surface area is 125 Å². The molecule has 0 saturated carbocycles. The lowest BCUT2D eigenvalue weighted by Crippen LogP contribution is -2.11. The molecule has 0 amide bonds.